The molecule has 2 amide bonds. The van der Waals surface area contributed by atoms with E-state index in [1.165, 1.54) is 36.4 Å². The van der Waals surface area contributed by atoms with Gasteiger partial charge in [0.25, 0.3) is 11.8 Å². The summed E-state index contributed by atoms with van der Waals surface area (Å²) in [5.41, 5.74) is 0.195. The van der Waals surface area contributed by atoms with Gasteiger partial charge in [0.15, 0.2) is 0 Å². The summed E-state index contributed by atoms with van der Waals surface area (Å²) in [6, 6.07) is 17.8. The van der Waals surface area contributed by atoms with Crippen LogP contribution in [0.3, 0.4) is 0 Å². The van der Waals surface area contributed by atoms with E-state index in [4.69, 9.17) is 4.42 Å². The lowest BCUT2D eigenvalue weighted by molar-refractivity contribution is 0.0999. The first kappa shape index (κ1) is 18.4. The van der Waals surface area contributed by atoms with Crippen molar-refractivity contribution in [3.8, 4) is 0 Å². The highest BCUT2D eigenvalue weighted by Crippen LogP contribution is 2.32. The highest BCUT2D eigenvalue weighted by molar-refractivity contribution is 6.16. The van der Waals surface area contributed by atoms with Crippen molar-refractivity contribution in [2.75, 3.05) is 10.6 Å². The van der Waals surface area contributed by atoms with Crippen molar-refractivity contribution >= 4 is 34.2 Å². The SMILES string of the molecule is O=C(Nc1c(C(=O)Nc2ccccc2F)oc2ccccc12)c1ccccc1F. The van der Waals surface area contributed by atoms with Crippen LogP contribution in [0.4, 0.5) is 20.2 Å². The van der Waals surface area contributed by atoms with Gasteiger partial charge in [-0.25, -0.2) is 8.78 Å². The van der Waals surface area contributed by atoms with Gasteiger partial charge in [-0.2, -0.15) is 0 Å². The Morgan fingerprint density at radius 3 is 2.14 bits per heavy atom. The van der Waals surface area contributed by atoms with Crippen LogP contribution >= 0.6 is 0 Å². The van der Waals surface area contributed by atoms with Gasteiger partial charge >= 0.3 is 0 Å². The maximum absolute atomic E-state index is 14.0. The summed E-state index contributed by atoms with van der Waals surface area (Å²) in [5.74, 6) is -3.03. The average Bonchev–Trinajstić information content (AvgIpc) is 3.08. The largest absolute Gasteiger partial charge is 0.449 e. The molecule has 0 unspecified atom stereocenters. The number of hydrogen-bond acceptors (Lipinski definition) is 3. The smallest absolute Gasteiger partial charge is 0.293 e. The van der Waals surface area contributed by atoms with Gasteiger partial charge in [-0.1, -0.05) is 36.4 Å². The Bertz CT molecular complexity index is 1230. The molecular weight excluding hydrogens is 378 g/mol. The Hall–Kier alpha value is -4.00. The predicted molar refractivity (Wildman–Crippen MR) is 105 cm³/mol. The van der Waals surface area contributed by atoms with Gasteiger partial charge in [0.1, 0.15) is 22.9 Å². The second-order valence-corrected chi connectivity index (χ2v) is 6.17. The molecule has 3 aromatic carbocycles. The molecule has 0 fully saturated rings. The van der Waals surface area contributed by atoms with Gasteiger partial charge in [0.05, 0.1) is 11.3 Å². The molecule has 1 aromatic heterocycles. The van der Waals surface area contributed by atoms with Crippen molar-refractivity contribution in [3.63, 3.8) is 0 Å². The summed E-state index contributed by atoms with van der Waals surface area (Å²) in [4.78, 5) is 25.3. The number of benzene rings is 3. The fourth-order valence-corrected chi connectivity index (χ4v) is 2.90. The van der Waals surface area contributed by atoms with E-state index in [1.54, 1.807) is 30.3 Å². The minimum atomic E-state index is -0.755. The number of furan rings is 1. The van der Waals surface area contributed by atoms with Crippen LogP contribution in [-0.4, -0.2) is 11.8 Å². The Morgan fingerprint density at radius 2 is 1.38 bits per heavy atom. The summed E-state index contributed by atoms with van der Waals surface area (Å²) in [6.45, 7) is 0. The van der Waals surface area contributed by atoms with Gasteiger partial charge in [-0.3, -0.25) is 9.59 Å². The minimum absolute atomic E-state index is 0.0377. The quantitative estimate of drug-likeness (QED) is 0.500. The molecule has 4 rings (SSSR count). The minimum Gasteiger partial charge on any atom is -0.449 e. The van der Waals surface area contributed by atoms with Crippen LogP contribution in [-0.2, 0) is 0 Å². The van der Waals surface area contributed by atoms with Crippen LogP contribution in [0.25, 0.3) is 11.0 Å². The Labute approximate surface area is 164 Å². The van der Waals surface area contributed by atoms with Crippen molar-refractivity contribution in [2.45, 2.75) is 0 Å². The second-order valence-electron chi connectivity index (χ2n) is 6.17. The second kappa shape index (κ2) is 7.55. The summed E-state index contributed by atoms with van der Waals surface area (Å²) in [6.07, 6.45) is 0. The summed E-state index contributed by atoms with van der Waals surface area (Å²) >= 11 is 0. The van der Waals surface area contributed by atoms with E-state index in [1.807, 2.05) is 0 Å². The predicted octanol–water partition coefficient (Wildman–Crippen LogP) is 5.22. The van der Waals surface area contributed by atoms with Crippen LogP contribution < -0.4 is 10.6 Å². The Kier molecular flexibility index (Phi) is 4.78. The first-order valence-corrected chi connectivity index (χ1v) is 8.68. The lowest BCUT2D eigenvalue weighted by atomic mass is 10.1. The third-order valence-electron chi connectivity index (χ3n) is 4.28. The summed E-state index contributed by atoms with van der Waals surface area (Å²) in [5, 5.41) is 5.42. The molecular formula is C22H14F2N2O3. The molecule has 29 heavy (non-hydrogen) atoms. The van der Waals surface area contributed by atoms with E-state index < -0.39 is 23.4 Å². The van der Waals surface area contributed by atoms with Gasteiger partial charge < -0.3 is 15.1 Å². The fourth-order valence-electron chi connectivity index (χ4n) is 2.90. The molecule has 0 saturated carbocycles. The van der Waals surface area contributed by atoms with Gasteiger partial charge in [-0.15, -0.1) is 0 Å². The van der Waals surface area contributed by atoms with Crippen LogP contribution in [0.1, 0.15) is 20.9 Å². The maximum atomic E-state index is 14.0. The number of rotatable bonds is 4. The van der Waals surface area contributed by atoms with Crippen LogP contribution in [0.15, 0.2) is 77.2 Å². The molecule has 0 saturated heterocycles. The molecule has 4 aromatic rings. The van der Waals surface area contributed by atoms with E-state index >= 15 is 0 Å². The van der Waals surface area contributed by atoms with E-state index in [2.05, 4.69) is 10.6 Å². The first-order valence-electron chi connectivity index (χ1n) is 8.68. The molecule has 7 heteroatoms. The molecule has 0 atom stereocenters. The van der Waals surface area contributed by atoms with E-state index in [-0.39, 0.29) is 22.7 Å². The molecule has 0 aliphatic carbocycles. The Morgan fingerprint density at radius 1 is 0.724 bits per heavy atom. The molecule has 144 valence electrons. The zero-order valence-electron chi connectivity index (χ0n) is 14.9. The molecule has 0 spiro atoms. The standard InChI is InChI=1S/C22H14F2N2O3/c23-15-9-3-1-7-13(15)21(27)26-19-14-8-2-6-12-18(14)29-20(19)22(28)25-17-11-5-4-10-16(17)24/h1-12H,(H,25,28)(H,26,27). The zero-order valence-corrected chi connectivity index (χ0v) is 14.9. The first-order chi connectivity index (χ1) is 14.0. The number of para-hydroxylation sites is 2. The van der Waals surface area contributed by atoms with Crippen LogP contribution in [0.5, 0.6) is 0 Å². The lowest BCUT2D eigenvalue weighted by Crippen LogP contribution is -2.18. The van der Waals surface area contributed by atoms with Crippen molar-refractivity contribution in [1.82, 2.24) is 0 Å². The van der Waals surface area contributed by atoms with Crippen LogP contribution in [0, 0.1) is 11.6 Å². The number of nitrogens with one attached hydrogen (secondary N) is 2. The number of fused-ring (bicyclic) bond motifs is 1. The molecule has 2 N–H and O–H groups in total. The fraction of sp³-hybridized carbons (Fsp3) is 0. The number of anilines is 2. The molecule has 0 radical (unpaired) electrons. The van der Waals surface area contributed by atoms with Crippen molar-refractivity contribution < 1.29 is 22.8 Å². The van der Waals surface area contributed by atoms with Crippen molar-refractivity contribution in [1.29, 1.82) is 0 Å². The third kappa shape index (κ3) is 3.58. The normalized spacial score (nSPS) is 10.7. The van der Waals surface area contributed by atoms with Gasteiger partial charge in [0.2, 0.25) is 5.76 Å². The lowest BCUT2D eigenvalue weighted by Gasteiger charge is -2.08. The van der Waals surface area contributed by atoms with Crippen LogP contribution in [0.2, 0.25) is 0 Å². The van der Waals surface area contributed by atoms with Crippen molar-refractivity contribution in [2.24, 2.45) is 0 Å². The number of amides is 2. The number of halogens is 2. The van der Waals surface area contributed by atoms with E-state index in [0.717, 1.165) is 6.07 Å². The topological polar surface area (TPSA) is 71.3 Å². The molecule has 0 aliphatic heterocycles. The Balaban J connectivity index is 1.73. The molecule has 0 aliphatic rings. The van der Waals surface area contributed by atoms with E-state index in [9.17, 15) is 18.4 Å². The molecule has 1 heterocycles. The average molecular weight is 392 g/mol. The number of carbonyl (C=O) groups excluding carboxylic acids is 2. The third-order valence-corrected chi connectivity index (χ3v) is 4.28. The van der Waals surface area contributed by atoms with Gasteiger partial charge in [0, 0.05) is 5.39 Å². The highest BCUT2D eigenvalue weighted by atomic mass is 19.1. The number of hydrogen-bond donors (Lipinski definition) is 2. The molecule has 5 nitrogen and oxygen atoms in total. The van der Waals surface area contributed by atoms with Crippen molar-refractivity contribution in [3.05, 3.63) is 95.8 Å². The summed E-state index contributed by atoms with van der Waals surface area (Å²) < 4.78 is 33.5. The number of carbonyl (C=O) groups is 2. The maximum Gasteiger partial charge on any atom is 0.293 e. The highest BCUT2D eigenvalue weighted by Gasteiger charge is 2.24. The zero-order chi connectivity index (χ0) is 20.4. The molecule has 0 bridgehead atoms. The van der Waals surface area contributed by atoms with Gasteiger partial charge in [-0.05, 0) is 36.4 Å². The van der Waals surface area contributed by atoms with E-state index in [0.29, 0.717) is 11.0 Å². The monoisotopic (exact) mass is 392 g/mol. The summed E-state index contributed by atoms with van der Waals surface area (Å²) in [7, 11) is 0.